The van der Waals surface area contributed by atoms with Crippen molar-refractivity contribution in [3.05, 3.63) is 0 Å². The van der Waals surface area contributed by atoms with Crippen molar-refractivity contribution in [2.24, 2.45) is 0 Å². The zero-order valence-electron chi connectivity index (χ0n) is 19.0. The molecule has 0 amide bonds. The number of hydrogen-bond donors (Lipinski definition) is 0. The van der Waals surface area contributed by atoms with Crippen molar-refractivity contribution in [2.75, 3.05) is 39.6 Å². The minimum atomic E-state index is -0.390. The lowest BCUT2D eigenvalue weighted by atomic mass is 10.1. The Bertz CT molecular complexity index is 387. The first-order valence-electron chi connectivity index (χ1n) is 11.6. The van der Waals surface area contributed by atoms with E-state index in [4.69, 9.17) is 23.7 Å². The Morgan fingerprint density at radius 3 is 2.03 bits per heavy atom. The molecule has 0 bridgehead atoms. The smallest absolute Gasteiger partial charge is 0.306 e. The van der Waals surface area contributed by atoms with Crippen molar-refractivity contribution in [1.29, 1.82) is 0 Å². The predicted molar refractivity (Wildman–Crippen MR) is 114 cm³/mol. The molecule has 1 fully saturated rings. The number of esters is 1. The third-order valence-electron chi connectivity index (χ3n) is 4.59. The standard InChI is InChI=1S/C23H44O6/c1-23(2,3)29-21(24)13-7-6-10-16-26-20-19-25-15-9-4-5-11-17-27-22-14-8-12-18-28-22/h22H,4-20H2,1-3H3. The molecule has 0 aromatic heterocycles. The Hall–Kier alpha value is -0.690. The van der Waals surface area contributed by atoms with Gasteiger partial charge < -0.3 is 23.7 Å². The summed E-state index contributed by atoms with van der Waals surface area (Å²) in [6, 6.07) is 0. The van der Waals surface area contributed by atoms with Gasteiger partial charge in [0.1, 0.15) is 5.60 Å². The number of carbonyl (C=O) groups is 1. The van der Waals surface area contributed by atoms with E-state index in [-0.39, 0.29) is 12.3 Å². The van der Waals surface area contributed by atoms with E-state index in [0.29, 0.717) is 19.6 Å². The fourth-order valence-corrected chi connectivity index (χ4v) is 3.08. The predicted octanol–water partition coefficient (Wildman–Crippen LogP) is 5.03. The molecule has 1 unspecified atom stereocenters. The zero-order valence-corrected chi connectivity index (χ0v) is 19.0. The largest absolute Gasteiger partial charge is 0.460 e. The van der Waals surface area contributed by atoms with Crippen molar-refractivity contribution < 1.29 is 28.5 Å². The number of rotatable bonds is 17. The highest BCUT2D eigenvalue weighted by molar-refractivity contribution is 5.69. The summed E-state index contributed by atoms with van der Waals surface area (Å²) in [5.74, 6) is -0.113. The lowest BCUT2D eigenvalue weighted by molar-refractivity contribution is -0.162. The fraction of sp³-hybridized carbons (Fsp3) is 0.957. The second-order valence-electron chi connectivity index (χ2n) is 8.70. The van der Waals surface area contributed by atoms with E-state index in [0.717, 1.165) is 65.0 Å². The SMILES string of the molecule is CC(C)(C)OC(=O)CCCCCOCCOCCCCCCOC1CCCCO1. The third-order valence-corrected chi connectivity index (χ3v) is 4.59. The normalized spacial score (nSPS) is 17.4. The second kappa shape index (κ2) is 17.0. The van der Waals surface area contributed by atoms with Crippen LogP contribution in [0.15, 0.2) is 0 Å². The molecule has 6 heteroatoms. The Morgan fingerprint density at radius 2 is 1.45 bits per heavy atom. The molecular formula is C23H44O6. The average Bonchev–Trinajstić information content (AvgIpc) is 2.67. The lowest BCUT2D eigenvalue weighted by Crippen LogP contribution is -2.23. The summed E-state index contributed by atoms with van der Waals surface area (Å²) >= 11 is 0. The molecule has 0 spiro atoms. The van der Waals surface area contributed by atoms with Crippen molar-refractivity contribution >= 4 is 5.97 Å². The van der Waals surface area contributed by atoms with Gasteiger partial charge in [-0.25, -0.2) is 0 Å². The number of unbranched alkanes of at least 4 members (excludes halogenated alkanes) is 5. The van der Waals surface area contributed by atoms with Crippen LogP contribution in [-0.2, 0) is 28.5 Å². The van der Waals surface area contributed by atoms with Crippen LogP contribution in [0.5, 0.6) is 0 Å². The summed E-state index contributed by atoms with van der Waals surface area (Å²) < 4.78 is 27.7. The number of ether oxygens (including phenoxy) is 5. The van der Waals surface area contributed by atoms with E-state index < -0.39 is 5.60 Å². The summed E-state index contributed by atoms with van der Waals surface area (Å²) in [5, 5.41) is 0. The lowest BCUT2D eigenvalue weighted by Gasteiger charge is -2.22. The molecule has 6 nitrogen and oxygen atoms in total. The molecule has 1 aliphatic heterocycles. The van der Waals surface area contributed by atoms with Gasteiger partial charge in [0.25, 0.3) is 0 Å². The number of carbonyl (C=O) groups excluding carboxylic acids is 1. The summed E-state index contributed by atoms with van der Waals surface area (Å²) in [6.45, 7) is 10.1. The highest BCUT2D eigenvalue weighted by atomic mass is 16.7. The van der Waals surface area contributed by atoms with Gasteiger partial charge in [-0.2, -0.15) is 0 Å². The van der Waals surface area contributed by atoms with E-state index in [1.54, 1.807) is 0 Å². The minimum Gasteiger partial charge on any atom is -0.460 e. The van der Waals surface area contributed by atoms with Crippen LogP contribution in [0.25, 0.3) is 0 Å². The van der Waals surface area contributed by atoms with Gasteiger partial charge in [-0.1, -0.05) is 19.3 Å². The Morgan fingerprint density at radius 1 is 0.828 bits per heavy atom. The molecule has 0 saturated carbocycles. The van der Waals surface area contributed by atoms with Gasteiger partial charge in [0.2, 0.25) is 0 Å². The first-order chi connectivity index (χ1) is 14.0. The summed E-state index contributed by atoms with van der Waals surface area (Å²) in [7, 11) is 0. The summed E-state index contributed by atoms with van der Waals surface area (Å²) in [5.41, 5.74) is -0.390. The highest BCUT2D eigenvalue weighted by Crippen LogP contribution is 2.14. The summed E-state index contributed by atoms with van der Waals surface area (Å²) in [6.07, 6.45) is 11.3. The first kappa shape index (κ1) is 26.3. The average molecular weight is 417 g/mol. The second-order valence-corrected chi connectivity index (χ2v) is 8.70. The van der Waals surface area contributed by atoms with Gasteiger partial charge in [-0.3, -0.25) is 4.79 Å². The molecule has 0 aliphatic carbocycles. The van der Waals surface area contributed by atoms with Gasteiger partial charge in [0.05, 0.1) is 13.2 Å². The van der Waals surface area contributed by atoms with Crippen LogP contribution < -0.4 is 0 Å². The Labute approximate surface area is 177 Å². The molecule has 1 saturated heterocycles. The fourth-order valence-electron chi connectivity index (χ4n) is 3.08. The molecule has 1 heterocycles. The van der Waals surface area contributed by atoms with Crippen molar-refractivity contribution in [1.82, 2.24) is 0 Å². The van der Waals surface area contributed by atoms with Gasteiger partial charge in [-0.05, 0) is 65.7 Å². The molecule has 0 radical (unpaired) electrons. The monoisotopic (exact) mass is 416 g/mol. The zero-order chi connectivity index (χ0) is 21.2. The number of hydrogen-bond acceptors (Lipinski definition) is 6. The first-order valence-corrected chi connectivity index (χ1v) is 11.6. The van der Waals surface area contributed by atoms with Crippen molar-refractivity contribution in [2.45, 2.75) is 103 Å². The van der Waals surface area contributed by atoms with E-state index >= 15 is 0 Å². The van der Waals surface area contributed by atoms with Gasteiger partial charge in [0, 0.05) is 32.8 Å². The van der Waals surface area contributed by atoms with E-state index in [2.05, 4.69) is 0 Å². The van der Waals surface area contributed by atoms with Gasteiger partial charge >= 0.3 is 5.97 Å². The van der Waals surface area contributed by atoms with Crippen LogP contribution in [0.4, 0.5) is 0 Å². The third kappa shape index (κ3) is 17.8. The minimum absolute atomic E-state index is 0.0389. The molecule has 29 heavy (non-hydrogen) atoms. The molecule has 0 aromatic carbocycles. The van der Waals surface area contributed by atoms with E-state index in [1.807, 2.05) is 20.8 Å². The Balaban J connectivity index is 1.71. The van der Waals surface area contributed by atoms with Crippen LogP contribution in [0, 0.1) is 0 Å². The van der Waals surface area contributed by atoms with Gasteiger partial charge in [0.15, 0.2) is 6.29 Å². The quantitative estimate of drug-likeness (QED) is 0.245. The molecule has 0 aromatic rings. The van der Waals surface area contributed by atoms with E-state index in [9.17, 15) is 4.79 Å². The highest BCUT2D eigenvalue weighted by Gasteiger charge is 2.15. The van der Waals surface area contributed by atoms with Crippen LogP contribution in [-0.4, -0.2) is 57.5 Å². The van der Waals surface area contributed by atoms with Crippen LogP contribution in [0.2, 0.25) is 0 Å². The molecule has 1 aliphatic rings. The van der Waals surface area contributed by atoms with E-state index in [1.165, 1.54) is 25.7 Å². The van der Waals surface area contributed by atoms with Crippen LogP contribution in [0.1, 0.15) is 91.4 Å². The summed E-state index contributed by atoms with van der Waals surface area (Å²) in [4.78, 5) is 11.6. The molecular weight excluding hydrogens is 372 g/mol. The van der Waals surface area contributed by atoms with Crippen molar-refractivity contribution in [3.63, 3.8) is 0 Å². The Kier molecular flexibility index (Phi) is 15.5. The molecule has 1 atom stereocenters. The molecule has 0 N–H and O–H groups in total. The van der Waals surface area contributed by atoms with Crippen LogP contribution >= 0.6 is 0 Å². The maximum atomic E-state index is 11.6. The van der Waals surface area contributed by atoms with Crippen molar-refractivity contribution in [3.8, 4) is 0 Å². The van der Waals surface area contributed by atoms with Gasteiger partial charge in [-0.15, -0.1) is 0 Å². The van der Waals surface area contributed by atoms with Crippen LogP contribution in [0.3, 0.4) is 0 Å². The molecule has 1 rings (SSSR count). The molecule has 172 valence electrons. The maximum Gasteiger partial charge on any atom is 0.306 e. The topological polar surface area (TPSA) is 63.2 Å². The maximum absolute atomic E-state index is 11.6.